The summed E-state index contributed by atoms with van der Waals surface area (Å²) in [7, 11) is 0. The Balaban J connectivity index is 2.15. The maximum Gasteiger partial charge on any atom is 0.405 e. The number of nitrogens with zero attached hydrogens (tertiary/aromatic N) is 1. The van der Waals surface area contributed by atoms with Crippen LogP contribution in [0.3, 0.4) is 0 Å². The molecule has 0 spiro atoms. The van der Waals surface area contributed by atoms with E-state index in [0.717, 1.165) is 11.1 Å². The highest BCUT2D eigenvalue weighted by Crippen LogP contribution is 2.22. The van der Waals surface area contributed by atoms with Crippen LogP contribution in [0.5, 0.6) is 0 Å². The number of carbonyl (C=O) groups excluding carboxylic acids is 1. The zero-order chi connectivity index (χ0) is 15.5. The first-order valence-electron chi connectivity index (χ1n) is 6.23. The van der Waals surface area contributed by atoms with Gasteiger partial charge in [-0.25, -0.2) is 4.98 Å². The molecule has 0 saturated carbocycles. The summed E-state index contributed by atoms with van der Waals surface area (Å²) in [6, 6.07) is 10.1. The van der Waals surface area contributed by atoms with Crippen LogP contribution >= 0.6 is 0 Å². The molecule has 0 saturated heterocycles. The first-order valence-corrected chi connectivity index (χ1v) is 6.23. The largest absolute Gasteiger partial charge is 0.405 e. The Morgan fingerprint density at radius 1 is 1.19 bits per heavy atom. The Bertz CT molecular complexity index is 636. The van der Waals surface area contributed by atoms with E-state index < -0.39 is 12.7 Å². The molecule has 2 rings (SSSR count). The van der Waals surface area contributed by atoms with Crippen molar-refractivity contribution >= 4 is 11.6 Å². The van der Waals surface area contributed by atoms with E-state index in [0.29, 0.717) is 5.56 Å². The number of benzene rings is 1. The molecule has 6 heteroatoms. The van der Waals surface area contributed by atoms with Gasteiger partial charge in [-0.15, -0.1) is 0 Å². The number of anilines is 1. The molecule has 0 fully saturated rings. The highest BCUT2D eigenvalue weighted by atomic mass is 19.4. The molecule has 1 N–H and O–H groups in total. The molecule has 1 aromatic heterocycles. The zero-order valence-electron chi connectivity index (χ0n) is 11.2. The van der Waals surface area contributed by atoms with Gasteiger partial charge in [0, 0.05) is 17.3 Å². The fourth-order valence-electron chi connectivity index (χ4n) is 1.78. The SMILES string of the molecule is CC(=O)c1cccc(-c2ccc(NCC(F)(F)F)nc2)c1. The molecular weight excluding hydrogens is 281 g/mol. The molecular formula is C15H13F3N2O. The van der Waals surface area contributed by atoms with Crippen molar-refractivity contribution in [3.8, 4) is 11.1 Å². The van der Waals surface area contributed by atoms with Gasteiger partial charge in [0.1, 0.15) is 12.4 Å². The minimum atomic E-state index is -4.28. The normalized spacial score (nSPS) is 11.2. The van der Waals surface area contributed by atoms with Crippen LogP contribution in [0.25, 0.3) is 11.1 Å². The molecule has 1 aromatic carbocycles. The van der Waals surface area contributed by atoms with Crippen LogP contribution in [0, 0.1) is 0 Å². The van der Waals surface area contributed by atoms with Gasteiger partial charge in [-0.2, -0.15) is 13.2 Å². The number of ketones is 1. The lowest BCUT2D eigenvalue weighted by molar-refractivity contribution is -0.115. The molecule has 0 amide bonds. The highest BCUT2D eigenvalue weighted by Gasteiger charge is 2.26. The summed E-state index contributed by atoms with van der Waals surface area (Å²) in [5.74, 6) is 0.104. The van der Waals surface area contributed by atoms with Gasteiger partial charge in [0.25, 0.3) is 0 Å². The van der Waals surface area contributed by atoms with E-state index in [-0.39, 0.29) is 11.6 Å². The summed E-state index contributed by atoms with van der Waals surface area (Å²) in [6.45, 7) is 0.348. The third-order valence-electron chi connectivity index (χ3n) is 2.84. The molecule has 0 unspecified atom stereocenters. The van der Waals surface area contributed by atoms with Gasteiger partial charge in [-0.1, -0.05) is 18.2 Å². The zero-order valence-corrected chi connectivity index (χ0v) is 11.2. The average Bonchev–Trinajstić information content (AvgIpc) is 2.45. The van der Waals surface area contributed by atoms with Gasteiger partial charge < -0.3 is 5.32 Å². The van der Waals surface area contributed by atoms with E-state index in [1.807, 2.05) is 6.07 Å². The van der Waals surface area contributed by atoms with E-state index >= 15 is 0 Å². The Morgan fingerprint density at radius 3 is 2.52 bits per heavy atom. The summed E-state index contributed by atoms with van der Waals surface area (Å²) < 4.78 is 36.3. The van der Waals surface area contributed by atoms with Crippen LogP contribution in [-0.2, 0) is 0 Å². The molecule has 0 aliphatic rings. The molecule has 0 radical (unpaired) electrons. The van der Waals surface area contributed by atoms with Gasteiger partial charge >= 0.3 is 6.18 Å². The van der Waals surface area contributed by atoms with E-state index in [4.69, 9.17) is 0 Å². The first-order chi connectivity index (χ1) is 9.85. The van der Waals surface area contributed by atoms with Crippen molar-refractivity contribution in [1.29, 1.82) is 0 Å². The van der Waals surface area contributed by atoms with Crippen molar-refractivity contribution < 1.29 is 18.0 Å². The topological polar surface area (TPSA) is 42.0 Å². The fraction of sp³-hybridized carbons (Fsp3) is 0.200. The van der Waals surface area contributed by atoms with Crippen molar-refractivity contribution in [3.05, 3.63) is 48.2 Å². The van der Waals surface area contributed by atoms with Gasteiger partial charge in [0.05, 0.1) is 0 Å². The number of pyridine rings is 1. The number of Topliss-reactive ketones (excluding diaryl/α,β-unsaturated/α-hetero) is 1. The minimum Gasteiger partial charge on any atom is -0.361 e. The molecule has 1 heterocycles. The lowest BCUT2D eigenvalue weighted by atomic mass is 10.0. The Morgan fingerprint density at radius 2 is 1.95 bits per heavy atom. The first kappa shape index (κ1) is 15.0. The van der Waals surface area contributed by atoms with Crippen LogP contribution < -0.4 is 5.32 Å². The van der Waals surface area contributed by atoms with Gasteiger partial charge in [0.2, 0.25) is 0 Å². The van der Waals surface area contributed by atoms with Crippen LogP contribution in [0.2, 0.25) is 0 Å². The average molecular weight is 294 g/mol. The Hall–Kier alpha value is -2.37. The second-order valence-electron chi connectivity index (χ2n) is 4.54. The van der Waals surface area contributed by atoms with Crippen molar-refractivity contribution in [1.82, 2.24) is 4.98 Å². The maximum atomic E-state index is 12.1. The van der Waals surface area contributed by atoms with Crippen molar-refractivity contribution in [3.63, 3.8) is 0 Å². The fourth-order valence-corrected chi connectivity index (χ4v) is 1.78. The maximum absolute atomic E-state index is 12.1. The second kappa shape index (κ2) is 5.95. The lowest BCUT2D eigenvalue weighted by Crippen LogP contribution is -2.21. The number of rotatable bonds is 4. The van der Waals surface area contributed by atoms with Crippen molar-refractivity contribution in [2.45, 2.75) is 13.1 Å². The summed E-state index contributed by atoms with van der Waals surface area (Å²) in [6.07, 6.45) is -2.81. The van der Waals surface area contributed by atoms with Crippen molar-refractivity contribution in [2.75, 3.05) is 11.9 Å². The van der Waals surface area contributed by atoms with Crippen LogP contribution in [-0.4, -0.2) is 23.5 Å². The molecule has 0 aliphatic heterocycles. The predicted molar refractivity (Wildman–Crippen MR) is 74.2 cm³/mol. The predicted octanol–water partition coefficient (Wildman–Crippen LogP) is 3.93. The van der Waals surface area contributed by atoms with E-state index in [2.05, 4.69) is 10.3 Å². The minimum absolute atomic E-state index is 0.0479. The second-order valence-corrected chi connectivity index (χ2v) is 4.54. The van der Waals surface area contributed by atoms with Crippen LogP contribution in [0.15, 0.2) is 42.6 Å². The monoisotopic (exact) mass is 294 g/mol. The smallest absolute Gasteiger partial charge is 0.361 e. The van der Waals surface area contributed by atoms with E-state index in [9.17, 15) is 18.0 Å². The molecule has 3 nitrogen and oxygen atoms in total. The third-order valence-corrected chi connectivity index (χ3v) is 2.84. The summed E-state index contributed by atoms with van der Waals surface area (Å²) in [4.78, 5) is 15.3. The molecule has 0 bridgehead atoms. The number of aromatic nitrogens is 1. The standard InChI is InChI=1S/C15H13F3N2O/c1-10(21)11-3-2-4-12(7-11)13-5-6-14(19-8-13)20-9-15(16,17)18/h2-8H,9H2,1H3,(H,19,20). The lowest BCUT2D eigenvalue weighted by Gasteiger charge is -2.09. The molecule has 0 atom stereocenters. The number of alkyl halides is 3. The summed E-state index contributed by atoms with van der Waals surface area (Å²) in [5, 5.41) is 2.20. The summed E-state index contributed by atoms with van der Waals surface area (Å²) >= 11 is 0. The Labute approximate surface area is 119 Å². The summed E-state index contributed by atoms with van der Waals surface area (Å²) in [5.41, 5.74) is 2.10. The van der Waals surface area contributed by atoms with E-state index in [1.165, 1.54) is 19.2 Å². The van der Waals surface area contributed by atoms with Crippen LogP contribution in [0.4, 0.5) is 19.0 Å². The number of hydrogen-bond acceptors (Lipinski definition) is 3. The quantitative estimate of drug-likeness (QED) is 0.869. The number of hydrogen-bond donors (Lipinski definition) is 1. The van der Waals surface area contributed by atoms with Gasteiger partial charge in [0.15, 0.2) is 5.78 Å². The molecule has 21 heavy (non-hydrogen) atoms. The van der Waals surface area contributed by atoms with Gasteiger partial charge in [-0.3, -0.25) is 4.79 Å². The van der Waals surface area contributed by atoms with Gasteiger partial charge in [-0.05, 0) is 30.7 Å². The number of nitrogens with one attached hydrogen (secondary N) is 1. The number of halogens is 3. The van der Waals surface area contributed by atoms with Crippen LogP contribution in [0.1, 0.15) is 17.3 Å². The Kier molecular flexibility index (Phi) is 4.26. The molecule has 2 aromatic rings. The highest BCUT2D eigenvalue weighted by molar-refractivity contribution is 5.95. The van der Waals surface area contributed by atoms with Crippen molar-refractivity contribution in [2.24, 2.45) is 0 Å². The molecule has 110 valence electrons. The van der Waals surface area contributed by atoms with E-state index in [1.54, 1.807) is 24.3 Å². The number of carbonyl (C=O) groups is 1. The molecule has 0 aliphatic carbocycles. The third kappa shape index (κ3) is 4.30.